The van der Waals surface area contributed by atoms with Crippen LogP contribution in [0.2, 0.25) is 0 Å². The van der Waals surface area contributed by atoms with Gasteiger partial charge in [0.25, 0.3) is 0 Å². The zero-order chi connectivity index (χ0) is 15.4. The van der Waals surface area contributed by atoms with Crippen molar-refractivity contribution in [2.75, 3.05) is 12.0 Å². The minimum atomic E-state index is -0.932. The summed E-state index contributed by atoms with van der Waals surface area (Å²) in [4.78, 5) is 11.9. The first-order chi connectivity index (χ1) is 9.95. The number of nitrogens with one attached hydrogen (secondary N) is 2. The number of hydrogen-bond acceptors (Lipinski definition) is 3. The Hall–Kier alpha value is -1.82. The minimum Gasteiger partial charge on any atom is -0.459 e. The van der Waals surface area contributed by atoms with E-state index in [2.05, 4.69) is 10.6 Å². The van der Waals surface area contributed by atoms with Crippen LogP contribution in [0.3, 0.4) is 0 Å². The van der Waals surface area contributed by atoms with Crippen LogP contribution in [0.25, 0.3) is 11.0 Å². The van der Waals surface area contributed by atoms with Crippen molar-refractivity contribution in [3.05, 3.63) is 36.1 Å². The molecule has 0 bridgehead atoms. The van der Waals surface area contributed by atoms with E-state index in [9.17, 15) is 9.00 Å². The molecule has 2 unspecified atom stereocenters. The third kappa shape index (κ3) is 4.32. The molecule has 2 rings (SSSR count). The molecule has 1 heterocycles. The number of rotatable bonds is 5. The van der Waals surface area contributed by atoms with Crippen LogP contribution in [0.1, 0.15) is 25.6 Å². The molecule has 5 nitrogen and oxygen atoms in total. The van der Waals surface area contributed by atoms with E-state index in [4.69, 9.17) is 4.42 Å². The zero-order valence-electron chi connectivity index (χ0n) is 12.4. The van der Waals surface area contributed by atoms with E-state index >= 15 is 0 Å². The van der Waals surface area contributed by atoms with Crippen LogP contribution in [0.4, 0.5) is 4.79 Å². The number of benzene rings is 1. The fourth-order valence-electron chi connectivity index (χ4n) is 2.14. The molecule has 0 saturated heterocycles. The van der Waals surface area contributed by atoms with Gasteiger partial charge in [0.05, 0.1) is 6.04 Å². The van der Waals surface area contributed by atoms with Crippen molar-refractivity contribution in [2.45, 2.75) is 25.9 Å². The monoisotopic (exact) mass is 308 g/mol. The molecule has 0 spiro atoms. The predicted octanol–water partition coefficient (Wildman–Crippen LogP) is 2.56. The summed E-state index contributed by atoms with van der Waals surface area (Å²) in [6.45, 7) is 3.69. The van der Waals surface area contributed by atoms with Crippen molar-refractivity contribution in [3.63, 3.8) is 0 Å². The summed E-state index contributed by atoms with van der Waals surface area (Å²) in [5.41, 5.74) is 0.802. The summed E-state index contributed by atoms with van der Waals surface area (Å²) >= 11 is 0. The van der Waals surface area contributed by atoms with Crippen LogP contribution < -0.4 is 10.6 Å². The molecule has 6 heteroatoms. The van der Waals surface area contributed by atoms with E-state index in [0.717, 1.165) is 11.0 Å². The van der Waals surface area contributed by atoms with Crippen molar-refractivity contribution < 1.29 is 13.4 Å². The number of furan rings is 1. The highest BCUT2D eigenvalue weighted by Crippen LogP contribution is 2.23. The second-order valence-electron chi connectivity index (χ2n) is 5.17. The number of hydrogen-bond donors (Lipinski definition) is 2. The van der Waals surface area contributed by atoms with Crippen LogP contribution >= 0.6 is 0 Å². The Labute approximate surface area is 126 Å². The lowest BCUT2D eigenvalue weighted by Gasteiger charge is -2.16. The van der Waals surface area contributed by atoms with E-state index in [0.29, 0.717) is 11.5 Å². The number of fused-ring (bicyclic) bond motifs is 1. The summed E-state index contributed by atoms with van der Waals surface area (Å²) in [6, 6.07) is 8.96. The lowest BCUT2D eigenvalue weighted by Crippen LogP contribution is -2.43. The lowest BCUT2D eigenvalue weighted by atomic mass is 10.2. The quantitative estimate of drug-likeness (QED) is 0.891. The summed E-state index contributed by atoms with van der Waals surface area (Å²) < 4.78 is 16.8. The van der Waals surface area contributed by atoms with Gasteiger partial charge in [-0.05, 0) is 26.0 Å². The first kappa shape index (κ1) is 15.6. The molecule has 0 fully saturated rings. The first-order valence-electron chi connectivity index (χ1n) is 6.81. The highest BCUT2D eigenvalue weighted by molar-refractivity contribution is 7.84. The average molecular weight is 308 g/mol. The average Bonchev–Trinajstić information content (AvgIpc) is 2.80. The smallest absolute Gasteiger partial charge is 0.315 e. The van der Waals surface area contributed by atoms with Crippen LogP contribution in [-0.4, -0.2) is 28.3 Å². The zero-order valence-corrected chi connectivity index (χ0v) is 13.2. The van der Waals surface area contributed by atoms with Gasteiger partial charge in [-0.2, -0.15) is 0 Å². The molecule has 3 atom stereocenters. The second-order valence-corrected chi connectivity index (χ2v) is 6.65. The third-order valence-electron chi connectivity index (χ3n) is 3.08. The van der Waals surface area contributed by atoms with E-state index in [-0.39, 0.29) is 18.1 Å². The Morgan fingerprint density at radius 3 is 2.67 bits per heavy atom. The fourth-order valence-corrected chi connectivity index (χ4v) is 2.93. The molecule has 0 saturated carbocycles. The number of carbonyl (C=O) groups is 1. The molecule has 0 aliphatic heterocycles. The van der Waals surface area contributed by atoms with Gasteiger partial charge >= 0.3 is 6.03 Å². The van der Waals surface area contributed by atoms with Crippen LogP contribution in [0, 0.1) is 0 Å². The normalized spacial score (nSPS) is 15.4. The highest BCUT2D eigenvalue weighted by atomic mass is 32.2. The second kappa shape index (κ2) is 6.76. The van der Waals surface area contributed by atoms with Gasteiger partial charge in [-0.15, -0.1) is 0 Å². The van der Waals surface area contributed by atoms with Gasteiger partial charge in [0.15, 0.2) is 0 Å². The third-order valence-corrected chi connectivity index (χ3v) is 4.05. The molecule has 0 aliphatic rings. The molecule has 1 aromatic heterocycles. The Kier molecular flexibility index (Phi) is 5.01. The Balaban J connectivity index is 1.95. The molecule has 0 aliphatic carbocycles. The van der Waals surface area contributed by atoms with Crippen LogP contribution in [0.5, 0.6) is 0 Å². The summed E-state index contributed by atoms with van der Waals surface area (Å²) in [5.74, 6) is 1.14. The van der Waals surface area contributed by atoms with Crippen molar-refractivity contribution in [3.8, 4) is 0 Å². The van der Waals surface area contributed by atoms with Crippen molar-refractivity contribution in [1.82, 2.24) is 10.6 Å². The lowest BCUT2D eigenvalue weighted by molar-refractivity contribution is 0.234. The van der Waals surface area contributed by atoms with E-state index in [1.165, 1.54) is 0 Å². The van der Waals surface area contributed by atoms with Crippen molar-refractivity contribution >= 4 is 27.8 Å². The fraction of sp³-hybridized carbons (Fsp3) is 0.400. The Morgan fingerprint density at radius 2 is 2.00 bits per heavy atom. The maximum Gasteiger partial charge on any atom is 0.315 e. The van der Waals surface area contributed by atoms with E-state index in [1.807, 2.05) is 44.2 Å². The van der Waals surface area contributed by atoms with Gasteiger partial charge in [-0.25, -0.2) is 4.79 Å². The van der Waals surface area contributed by atoms with Gasteiger partial charge in [0, 0.05) is 34.2 Å². The molecule has 0 radical (unpaired) electrons. The topological polar surface area (TPSA) is 71.3 Å². The number of para-hydroxylation sites is 1. The van der Waals surface area contributed by atoms with Gasteiger partial charge in [-0.1, -0.05) is 18.2 Å². The summed E-state index contributed by atoms with van der Waals surface area (Å²) in [6.07, 6.45) is 1.62. The molecule has 1 aromatic carbocycles. The first-order valence-corrected chi connectivity index (χ1v) is 8.54. The van der Waals surface area contributed by atoms with Crippen molar-refractivity contribution in [2.24, 2.45) is 0 Å². The number of carbonyl (C=O) groups excluding carboxylic acids is 1. The minimum absolute atomic E-state index is 0.140. The molecule has 2 aromatic rings. The predicted molar refractivity (Wildman–Crippen MR) is 84.7 cm³/mol. The molecule has 114 valence electrons. The molecule has 21 heavy (non-hydrogen) atoms. The molecule has 2 amide bonds. The maximum absolute atomic E-state index is 11.9. The standard InChI is InChI=1S/C15H20N2O3S/c1-10(9-21(3)19)16-15(18)17-11(2)14-8-12-6-4-5-7-13(12)20-14/h4-8,10-11H,9H2,1-3H3,(H2,16,17,18)/t10?,11-,21?/m0/s1. The van der Waals surface area contributed by atoms with E-state index in [1.54, 1.807) is 6.26 Å². The molecular formula is C15H20N2O3S. The van der Waals surface area contributed by atoms with Gasteiger partial charge in [0.1, 0.15) is 11.3 Å². The Bertz CT molecular complexity index is 620. The molecular weight excluding hydrogens is 288 g/mol. The van der Waals surface area contributed by atoms with Gasteiger partial charge in [-0.3, -0.25) is 4.21 Å². The highest BCUT2D eigenvalue weighted by Gasteiger charge is 2.15. The SMILES string of the molecule is CC(CS(C)=O)NC(=O)N[C@@H](C)c1cc2ccccc2o1. The van der Waals surface area contributed by atoms with Crippen LogP contribution in [-0.2, 0) is 10.8 Å². The van der Waals surface area contributed by atoms with Gasteiger partial charge in [0.2, 0.25) is 0 Å². The van der Waals surface area contributed by atoms with Crippen molar-refractivity contribution in [1.29, 1.82) is 0 Å². The number of urea groups is 1. The van der Waals surface area contributed by atoms with Crippen LogP contribution in [0.15, 0.2) is 34.7 Å². The summed E-state index contributed by atoms with van der Waals surface area (Å²) in [7, 11) is -0.932. The molecule has 2 N–H and O–H groups in total. The Morgan fingerprint density at radius 1 is 1.29 bits per heavy atom. The van der Waals surface area contributed by atoms with E-state index < -0.39 is 10.8 Å². The maximum atomic E-state index is 11.9. The number of amides is 2. The summed E-state index contributed by atoms with van der Waals surface area (Å²) in [5, 5.41) is 6.59. The largest absolute Gasteiger partial charge is 0.459 e. The van der Waals surface area contributed by atoms with Gasteiger partial charge < -0.3 is 15.1 Å².